The van der Waals surface area contributed by atoms with Crippen LogP contribution in [0.5, 0.6) is 5.75 Å². The number of nitrogens with one attached hydrogen (secondary N) is 1. The fraction of sp³-hybridized carbons (Fsp3) is 0.462. The number of hydrogen-bond acceptors (Lipinski definition) is 3. The molecule has 1 aromatic carbocycles. The van der Waals surface area contributed by atoms with Crippen molar-refractivity contribution in [2.24, 2.45) is 11.7 Å². The topological polar surface area (TPSA) is 64.3 Å². The molecule has 3 N–H and O–H groups in total. The van der Waals surface area contributed by atoms with Crippen molar-refractivity contribution in [1.29, 1.82) is 0 Å². The first kappa shape index (κ1) is 13.5. The number of rotatable bonds is 4. The summed E-state index contributed by atoms with van der Waals surface area (Å²) in [6.45, 7) is 5.77. The van der Waals surface area contributed by atoms with Crippen molar-refractivity contribution in [2.75, 3.05) is 12.4 Å². The maximum atomic E-state index is 11.8. The molecule has 0 aliphatic heterocycles. The van der Waals surface area contributed by atoms with Gasteiger partial charge in [0.1, 0.15) is 5.75 Å². The molecule has 1 aromatic rings. The van der Waals surface area contributed by atoms with Gasteiger partial charge < -0.3 is 15.8 Å². The van der Waals surface area contributed by atoms with E-state index in [0.717, 1.165) is 17.0 Å². The van der Waals surface area contributed by atoms with Gasteiger partial charge in [-0.1, -0.05) is 13.8 Å². The summed E-state index contributed by atoms with van der Waals surface area (Å²) in [6.07, 6.45) is 0. The molecular formula is C13H20N2O2. The maximum absolute atomic E-state index is 11.8. The summed E-state index contributed by atoms with van der Waals surface area (Å²) in [5, 5.41) is 2.80. The van der Waals surface area contributed by atoms with Crippen molar-refractivity contribution in [3.63, 3.8) is 0 Å². The summed E-state index contributed by atoms with van der Waals surface area (Å²) in [5.74, 6) is 0.759. The Morgan fingerprint density at radius 3 is 2.53 bits per heavy atom. The van der Waals surface area contributed by atoms with Crippen LogP contribution in [0.1, 0.15) is 19.4 Å². The van der Waals surface area contributed by atoms with Crippen LogP contribution in [0, 0.1) is 12.8 Å². The predicted octanol–water partition coefficient (Wildman–Crippen LogP) is 1.93. The molecule has 1 unspecified atom stereocenters. The molecule has 1 amide bonds. The molecule has 0 heterocycles. The molecule has 17 heavy (non-hydrogen) atoms. The smallest absolute Gasteiger partial charge is 0.241 e. The molecule has 0 aliphatic carbocycles. The number of ether oxygens (including phenoxy) is 1. The van der Waals surface area contributed by atoms with E-state index in [1.54, 1.807) is 13.2 Å². The third-order valence-corrected chi connectivity index (χ3v) is 2.68. The minimum absolute atomic E-state index is 0.120. The molecule has 0 aromatic heterocycles. The molecule has 0 saturated carbocycles. The molecule has 4 nitrogen and oxygen atoms in total. The SMILES string of the molecule is COc1ccc(NC(=O)C(N)C(C)C)cc1C. The first-order valence-electron chi connectivity index (χ1n) is 5.66. The lowest BCUT2D eigenvalue weighted by atomic mass is 10.0. The average molecular weight is 236 g/mol. The lowest BCUT2D eigenvalue weighted by molar-refractivity contribution is -0.118. The Kier molecular flexibility index (Phi) is 4.52. The Morgan fingerprint density at radius 2 is 2.06 bits per heavy atom. The highest BCUT2D eigenvalue weighted by Gasteiger charge is 2.17. The summed E-state index contributed by atoms with van der Waals surface area (Å²) >= 11 is 0. The van der Waals surface area contributed by atoms with E-state index in [0.29, 0.717) is 0 Å². The van der Waals surface area contributed by atoms with E-state index >= 15 is 0 Å². The van der Waals surface area contributed by atoms with Gasteiger partial charge in [0.25, 0.3) is 0 Å². The minimum Gasteiger partial charge on any atom is -0.496 e. The fourth-order valence-corrected chi connectivity index (χ4v) is 1.48. The molecule has 0 radical (unpaired) electrons. The van der Waals surface area contributed by atoms with E-state index in [4.69, 9.17) is 10.5 Å². The van der Waals surface area contributed by atoms with Crippen molar-refractivity contribution in [2.45, 2.75) is 26.8 Å². The van der Waals surface area contributed by atoms with Gasteiger partial charge in [-0.15, -0.1) is 0 Å². The van der Waals surface area contributed by atoms with Crippen LogP contribution >= 0.6 is 0 Å². The number of methoxy groups -OCH3 is 1. The van der Waals surface area contributed by atoms with Crippen molar-refractivity contribution >= 4 is 11.6 Å². The van der Waals surface area contributed by atoms with Gasteiger partial charge in [0.2, 0.25) is 5.91 Å². The van der Waals surface area contributed by atoms with Gasteiger partial charge >= 0.3 is 0 Å². The second-order valence-corrected chi connectivity index (χ2v) is 4.44. The Balaban J connectivity index is 2.76. The molecule has 0 saturated heterocycles. The molecule has 94 valence electrons. The summed E-state index contributed by atoms with van der Waals surface area (Å²) in [5.41, 5.74) is 7.48. The number of nitrogens with two attached hydrogens (primary N) is 1. The van der Waals surface area contributed by atoms with Crippen molar-refractivity contribution in [1.82, 2.24) is 0 Å². The number of benzene rings is 1. The molecule has 1 rings (SSSR count). The summed E-state index contributed by atoms with van der Waals surface area (Å²) in [4.78, 5) is 11.8. The average Bonchev–Trinajstić information content (AvgIpc) is 2.28. The number of carbonyl (C=O) groups excluding carboxylic acids is 1. The van der Waals surface area contributed by atoms with Gasteiger partial charge in [0.05, 0.1) is 13.2 Å². The van der Waals surface area contributed by atoms with Crippen LogP contribution in [0.3, 0.4) is 0 Å². The highest BCUT2D eigenvalue weighted by atomic mass is 16.5. The van der Waals surface area contributed by atoms with Crippen molar-refractivity contribution in [3.8, 4) is 5.75 Å². The first-order valence-corrected chi connectivity index (χ1v) is 5.66. The van der Waals surface area contributed by atoms with Crippen LogP contribution in [0.15, 0.2) is 18.2 Å². The minimum atomic E-state index is -0.489. The molecule has 0 bridgehead atoms. The lowest BCUT2D eigenvalue weighted by Gasteiger charge is -2.16. The summed E-state index contributed by atoms with van der Waals surface area (Å²) < 4.78 is 5.15. The first-order chi connectivity index (χ1) is 7.95. The van der Waals surface area contributed by atoms with Crippen LogP contribution in [-0.4, -0.2) is 19.1 Å². The van der Waals surface area contributed by atoms with Gasteiger partial charge in [0, 0.05) is 5.69 Å². The zero-order valence-corrected chi connectivity index (χ0v) is 10.8. The summed E-state index contributed by atoms with van der Waals surface area (Å²) in [7, 11) is 1.62. The quantitative estimate of drug-likeness (QED) is 0.839. The van der Waals surface area contributed by atoms with Crippen LogP contribution < -0.4 is 15.8 Å². The van der Waals surface area contributed by atoms with Gasteiger partial charge in [-0.25, -0.2) is 0 Å². The maximum Gasteiger partial charge on any atom is 0.241 e. The highest BCUT2D eigenvalue weighted by Crippen LogP contribution is 2.21. The van der Waals surface area contributed by atoms with Gasteiger partial charge in [-0.2, -0.15) is 0 Å². The second kappa shape index (κ2) is 5.68. The third-order valence-electron chi connectivity index (χ3n) is 2.68. The predicted molar refractivity (Wildman–Crippen MR) is 69.2 cm³/mol. The van der Waals surface area contributed by atoms with E-state index in [1.807, 2.05) is 32.9 Å². The Hall–Kier alpha value is -1.55. The molecule has 1 atom stereocenters. The van der Waals surface area contributed by atoms with Crippen LogP contribution in [-0.2, 0) is 4.79 Å². The summed E-state index contributed by atoms with van der Waals surface area (Å²) in [6, 6.07) is 5.00. The van der Waals surface area contributed by atoms with Crippen LogP contribution in [0.25, 0.3) is 0 Å². The van der Waals surface area contributed by atoms with E-state index in [2.05, 4.69) is 5.32 Å². The highest BCUT2D eigenvalue weighted by molar-refractivity contribution is 5.94. The largest absolute Gasteiger partial charge is 0.496 e. The number of hydrogen-bond donors (Lipinski definition) is 2. The zero-order valence-electron chi connectivity index (χ0n) is 10.8. The zero-order chi connectivity index (χ0) is 13.0. The monoisotopic (exact) mass is 236 g/mol. The van der Waals surface area contributed by atoms with Crippen LogP contribution in [0.4, 0.5) is 5.69 Å². The van der Waals surface area contributed by atoms with Gasteiger partial charge in [-0.05, 0) is 36.6 Å². The molecular weight excluding hydrogens is 216 g/mol. The Bertz CT molecular complexity index is 402. The Labute approximate surface area is 102 Å². The molecule has 0 spiro atoms. The third kappa shape index (κ3) is 3.46. The number of aryl methyl sites for hydroxylation is 1. The van der Waals surface area contributed by atoms with Gasteiger partial charge in [0.15, 0.2) is 0 Å². The van der Waals surface area contributed by atoms with E-state index in [9.17, 15) is 4.79 Å². The number of amides is 1. The number of carbonyl (C=O) groups is 1. The second-order valence-electron chi connectivity index (χ2n) is 4.44. The fourth-order valence-electron chi connectivity index (χ4n) is 1.48. The lowest BCUT2D eigenvalue weighted by Crippen LogP contribution is -2.39. The van der Waals surface area contributed by atoms with Gasteiger partial charge in [-0.3, -0.25) is 4.79 Å². The molecule has 0 fully saturated rings. The molecule has 0 aliphatic rings. The molecule has 4 heteroatoms. The normalized spacial score (nSPS) is 12.4. The van der Waals surface area contributed by atoms with E-state index < -0.39 is 6.04 Å². The van der Waals surface area contributed by atoms with Crippen molar-refractivity contribution in [3.05, 3.63) is 23.8 Å². The van der Waals surface area contributed by atoms with E-state index in [1.165, 1.54) is 0 Å². The van der Waals surface area contributed by atoms with Crippen LogP contribution in [0.2, 0.25) is 0 Å². The standard InChI is InChI=1S/C13H20N2O2/c1-8(2)12(14)13(16)15-10-5-6-11(17-4)9(3)7-10/h5-8,12H,14H2,1-4H3,(H,15,16). The number of anilines is 1. The Morgan fingerprint density at radius 1 is 1.41 bits per heavy atom. The van der Waals surface area contributed by atoms with Crippen molar-refractivity contribution < 1.29 is 9.53 Å². The van der Waals surface area contributed by atoms with E-state index in [-0.39, 0.29) is 11.8 Å².